The smallest absolute Gasteiger partial charge is 0.207 e. The molecule has 2 rings (SSSR count). The van der Waals surface area contributed by atoms with Crippen molar-refractivity contribution in [1.82, 2.24) is 4.31 Å². The van der Waals surface area contributed by atoms with Crippen LogP contribution >= 0.6 is 0 Å². The summed E-state index contributed by atoms with van der Waals surface area (Å²) in [6.07, 6.45) is -2.70. The molecule has 0 aromatic heterocycles. The fourth-order valence-corrected chi connectivity index (χ4v) is 4.30. The van der Waals surface area contributed by atoms with Gasteiger partial charge in [-0.1, -0.05) is 60.7 Å². The van der Waals surface area contributed by atoms with Crippen LogP contribution in [0.5, 0.6) is 0 Å². The Bertz CT molecular complexity index is 936. The first kappa shape index (κ1) is 22.9. The van der Waals surface area contributed by atoms with Crippen LogP contribution in [0.2, 0.25) is 0 Å². The lowest BCUT2D eigenvalue weighted by Crippen LogP contribution is -2.36. The zero-order valence-electron chi connectivity index (χ0n) is 16.2. The molecule has 7 heteroatoms. The van der Waals surface area contributed by atoms with Gasteiger partial charge in [0.15, 0.2) is 0 Å². The van der Waals surface area contributed by atoms with Crippen molar-refractivity contribution in [2.45, 2.75) is 30.3 Å². The lowest BCUT2D eigenvalue weighted by Gasteiger charge is -2.25. The lowest BCUT2D eigenvalue weighted by molar-refractivity contribution is -0.0938. The highest BCUT2D eigenvalue weighted by Crippen LogP contribution is 2.28. The van der Waals surface area contributed by atoms with Crippen LogP contribution < -0.4 is 0 Å². The van der Waals surface area contributed by atoms with Gasteiger partial charge < -0.3 is 0 Å². The zero-order valence-corrected chi connectivity index (χ0v) is 17.0. The monoisotopic (exact) mass is 423 g/mol. The van der Waals surface area contributed by atoms with E-state index in [1.165, 1.54) is 12.1 Å². The fraction of sp³-hybridized carbons (Fsp3) is 0.273. The number of nitrogens with zero attached hydrogens (tertiary/aromatic N) is 1. The minimum Gasteiger partial charge on any atom is -0.207 e. The molecule has 0 saturated heterocycles. The molecule has 0 fully saturated rings. The SMILES string of the molecule is C=CC(CCN(CC(=C)C(F)(F)F)S(=O)(=O)c1ccc(C)cc1)c1ccccc1. The summed E-state index contributed by atoms with van der Waals surface area (Å²) in [5.74, 6) is -0.189. The first-order chi connectivity index (χ1) is 13.6. The van der Waals surface area contributed by atoms with Crippen molar-refractivity contribution in [3.8, 4) is 0 Å². The van der Waals surface area contributed by atoms with Crippen molar-refractivity contribution in [2.24, 2.45) is 0 Å². The highest BCUT2D eigenvalue weighted by Gasteiger charge is 2.36. The van der Waals surface area contributed by atoms with Gasteiger partial charge in [0.2, 0.25) is 10.0 Å². The van der Waals surface area contributed by atoms with Crippen LogP contribution in [0.3, 0.4) is 0 Å². The standard InChI is InChI=1S/C22H24F3NO2S/c1-4-19(20-8-6-5-7-9-20)14-15-26(16-18(3)22(23,24)25)29(27,28)21-12-10-17(2)11-13-21/h4-13,19H,1,3,14-16H2,2H3. The van der Waals surface area contributed by atoms with Crippen LogP contribution in [0, 0.1) is 6.92 Å². The molecule has 0 aliphatic rings. The number of halogens is 3. The van der Waals surface area contributed by atoms with E-state index in [2.05, 4.69) is 13.2 Å². The van der Waals surface area contributed by atoms with Crippen LogP contribution in [0.25, 0.3) is 0 Å². The summed E-state index contributed by atoms with van der Waals surface area (Å²) >= 11 is 0. The normalized spacial score (nSPS) is 13.3. The molecule has 1 unspecified atom stereocenters. The summed E-state index contributed by atoms with van der Waals surface area (Å²) in [7, 11) is -4.12. The molecule has 0 heterocycles. The molecule has 0 spiro atoms. The predicted octanol–water partition coefficient (Wildman–Crippen LogP) is 5.46. The van der Waals surface area contributed by atoms with Gasteiger partial charge in [-0.05, 0) is 31.0 Å². The van der Waals surface area contributed by atoms with Crippen molar-refractivity contribution in [1.29, 1.82) is 0 Å². The van der Waals surface area contributed by atoms with E-state index in [4.69, 9.17) is 0 Å². The Hall–Kier alpha value is -2.38. The molecule has 0 N–H and O–H groups in total. The second-order valence-corrected chi connectivity index (χ2v) is 8.73. The summed E-state index contributed by atoms with van der Waals surface area (Å²) in [5, 5.41) is 0. The first-order valence-electron chi connectivity index (χ1n) is 9.05. The number of hydrogen-bond acceptors (Lipinski definition) is 2. The maximum absolute atomic E-state index is 13.0. The van der Waals surface area contributed by atoms with Crippen LogP contribution in [-0.2, 0) is 10.0 Å². The number of benzene rings is 2. The number of hydrogen-bond donors (Lipinski definition) is 0. The highest BCUT2D eigenvalue weighted by molar-refractivity contribution is 7.89. The molecule has 0 amide bonds. The van der Waals surface area contributed by atoms with E-state index in [0.29, 0.717) is 6.42 Å². The quantitative estimate of drug-likeness (QED) is 0.502. The third-order valence-corrected chi connectivity index (χ3v) is 6.49. The van der Waals surface area contributed by atoms with Crippen LogP contribution in [-0.4, -0.2) is 32.0 Å². The molecular weight excluding hydrogens is 399 g/mol. The molecule has 0 aliphatic heterocycles. The minimum absolute atomic E-state index is 0.0482. The Labute approximate surface area is 170 Å². The predicted molar refractivity (Wildman–Crippen MR) is 109 cm³/mol. The molecule has 0 aliphatic carbocycles. The van der Waals surface area contributed by atoms with E-state index >= 15 is 0 Å². The second kappa shape index (κ2) is 9.41. The Morgan fingerprint density at radius 1 is 1.10 bits per heavy atom. The third kappa shape index (κ3) is 6.05. The fourth-order valence-electron chi connectivity index (χ4n) is 2.85. The minimum atomic E-state index is -4.67. The van der Waals surface area contributed by atoms with Gasteiger partial charge in [0.1, 0.15) is 0 Å². The van der Waals surface area contributed by atoms with Gasteiger partial charge in [-0.2, -0.15) is 17.5 Å². The van der Waals surface area contributed by atoms with Crippen LogP contribution in [0.4, 0.5) is 13.2 Å². The number of alkyl halides is 3. The summed E-state index contributed by atoms with van der Waals surface area (Å²) in [4.78, 5) is -0.0482. The number of rotatable bonds is 9. The third-order valence-electron chi connectivity index (χ3n) is 4.63. The molecule has 29 heavy (non-hydrogen) atoms. The summed E-state index contributed by atoms with van der Waals surface area (Å²) in [6.45, 7) is 7.70. The van der Waals surface area contributed by atoms with Gasteiger partial charge in [-0.3, -0.25) is 0 Å². The number of aryl methyl sites for hydroxylation is 1. The second-order valence-electron chi connectivity index (χ2n) is 6.79. The first-order valence-corrected chi connectivity index (χ1v) is 10.5. The van der Waals surface area contributed by atoms with E-state index in [-0.39, 0.29) is 17.4 Å². The van der Waals surface area contributed by atoms with E-state index in [0.717, 1.165) is 15.4 Å². The Morgan fingerprint density at radius 3 is 2.21 bits per heavy atom. The van der Waals surface area contributed by atoms with Gasteiger partial charge in [-0.15, -0.1) is 6.58 Å². The van der Waals surface area contributed by atoms with Crippen molar-refractivity contribution in [3.63, 3.8) is 0 Å². The van der Waals surface area contributed by atoms with Crippen molar-refractivity contribution < 1.29 is 21.6 Å². The van der Waals surface area contributed by atoms with E-state index in [1.807, 2.05) is 30.3 Å². The average molecular weight is 424 g/mol. The topological polar surface area (TPSA) is 37.4 Å². The average Bonchev–Trinajstić information content (AvgIpc) is 2.67. The van der Waals surface area contributed by atoms with E-state index < -0.39 is 28.3 Å². The highest BCUT2D eigenvalue weighted by atomic mass is 32.2. The van der Waals surface area contributed by atoms with Gasteiger partial charge in [0, 0.05) is 24.6 Å². The Morgan fingerprint density at radius 2 is 1.69 bits per heavy atom. The van der Waals surface area contributed by atoms with Gasteiger partial charge >= 0.3 is 6.18 Å². The Balaban J connectivity index is 2.30. The van der Waals surface area contributed by atoms with Gasteiger partial charge in [0.25, 0.3) is 0 Å². The van der Waals surface area contributed by atoms with Crippen LogP contribution in [0.1, 0.15) is 23.5 Å². The van der Waals surface area contributed by atoms with E-state index in [1.54, 1.807) is 25.1 Å². The summed E-state index contributed by atoms with van der Waals surface area (Å²) in [6, 6.07) is 15.3. The molecule has 2 aromatic rings. The summed E-state index contributed by atoms with van der Waals surface area (Å²) < 4.78 is 66.0. The maximum Gasteiger partial charge on any atom is 0.413 e. The number of sulfonamides is 1. The van der Waals surface area contributed by atoms with Crippen LogP contribution in [0.15, 0.2) is 84.3 Å². The van der Waals surface area contributed by atoms with Gasteiger partial charge in [0.05, 0.1) is 4.90 Å². The van der Waals surface area contributed by atoms with Crippen molar-refractivity contribution in [3.05, 3.63) is 90.5 Å². The van der Waals surface area contributed by atoms with E-state index in [9.17, 15) is 21.6 Å². The lowest BCUT2D eigenvalue weighted by atomic mass is 9.96. The molecule has 0 radical (unpaired) electrons. The zero-order chi connectivity index (χ0) is 21.7. The molecule has 3 nitrogen and oxygen atoms in total. The molecule has 2 aromatic carbocycles. The maximum atomic E-state index is 13.0. The molecule has 0 saturated carbocycles. The Kier molecular flexibility index (Phi) is 7.43. The molecule has 0 bridgehead atoms. The molecular formula is C22H24F3NO2S. The van der Waals surface area contributed by atoms with Crippen molar-refractivity contribution in [2.75, 3.05) is 13.1 Å². The molecule has 156 valence electrons. The largest absolute Gasteiger partial charge is 0.413 e. The number of allylic oxidation sites excluding steroid dienone is 1. The van der Waals surface area contributed by atoms with Gasteiger partial charge in [-0.25, -0.2) is 8.42 Å². The summed E-state index contributed by atoms with van der Waals surface area (Å²) in [5.41, 5.74) is 0.666. The molecule has 1 atom stereocenters. The van der Waals surface area contributed by atoms with Crippen molar-refractivity contribution >= 4 is 10.0 Å².